The normalized spacial score (nSPS) is 12.8. The third kappa shape index (κ3) is 5.99. The Hall–Kier alpha value is -2.16. The number of nitrogens with one attached hydrogen (secondary N) is 2. The molecule has 0 aliphatic heterocycles. The molecule has 3 rings (SSSR count). The SMILES string of the molecule is CC(C)N(CCNC(=O)[C@@H](C)SCc1nc2scc(-c3ccccc3)c2c(=O)[nH]1)C(C)C. The van der Waals surface area contributed by atoms with Crippen LogP contribution in [0.3, 0.4) is 0 Å². The molecule has 8 heteroatoms. The molecule has 0 saturated heterocycles. The van der Waals surface area contributed by atoms with E-state index >= 15 is 0 Å². The molecule has 0 aliphatic carbocycles. The van der Waals surface area contributed by atoms with Crippen LogP contribution >= 0.6 is 23.1 Å². The number of aromatic nitrogens is 2. The Morgan fingerprint density at radius 2 is 1.84 bits per heavy atom. The van der Waals surface area contributed by atoms with Crippen molar-refractivity contribution in [3.63, 3.8) is 0 Å². The fourth-order valence-corrected chi connectivity index (χ4v) is 5.48. The van der Waals surface area contributed by atoms with E-state index in [4.69, 9.17) is 0 Å². The number of amides is 1. The number of H-pyrrole nitrogens is 1. The summed E-state index contributed by atoms with van der Waals surface area (Å²) in [5, 5.41) is 5.40. The maximum absolute atomic E-state index is 12.8. The molecule has 3 aromatic rings. The zero-order chi connectivity index (χ0) is 23.3. The van der Waals surface area contributed by atoms with Crippen LogP contribution < -0.4 is 10.9 Å². The number of nitrogens with zero attached hydrogens (tertiary/aromatic N) is 2. The van der Waals surface area contributed by atoms with Crippen LogP contribution in [-0.2, 0) is 10.5 Å². The molecule has 1 atom stereocenters. The summed E-state index contributed by atoms with van der Waals surface area (Å²) in [7, 11) is 0. The van der Waals surface area contributed by atoms with Gasteiger partial charge in [-0.25, -0.2) is 4.98 Å². The number of thiophene rings is 1. The number of hydrogen-bond donors (Lipinski definition) is 2. The minimum Gasteiger partial charge on any atom is -0.354 e. The molecule has 0 radical (unpaired) electrons. The fourth-order valence-electron chi connectivity index (χ4n) is 3.74. The summed E-state index contributed by atoms with van der Waals surface area (Å²) in [6, 6.07) is 10.7. The average molecular weight is 473 g/mol. The molecular weight excluding hydrogens is 440 g/mol. The van der Waals surface area contributed by atoms with Gasteiger partial charge in [0.1, 0.15) is 10.7 Å². The zero-order valence-electron chi connectivity index (χ0n) is 19.3. The van der Waals surface area contributed by atoms with Crippen molar-refractivity contribution in [1.82, 2.24) is 20.2 Å². The summed E-state index contributed by atoms with van der Waals surface area (Å²) in [6.07, 6.45) is 0. The maximum atomic E-state index is 12.8. The van der Waals surface area contributed by atoms with Crippen LogP contribution in [0.25, 0.3) is 21.3 Å². The second-order valence-corrected chi connectivity index (χ2v) is 10.6. The van der Waals surface area contributed by atoms with E-state index in [0.29, 0.717) is 35.6 Å². The molecular formula is C24H32N4O2S2. The van der Waals surface area contributed by atoms with E-state index < -0.39 is 0 Å². The van der Waals surface area contributed by atoms with E-state index in [2.05, 4.69) is 47.9 Å². The summed E-state index contributed by atoms with van der Waals surface area (Å²) in [6.45, 7) is 12.0. The lowest BCUT2D eigenvalue weighted by Gasteiger charge is -2.30. The average Bonchev–Trinajstić information content (AvgIpc) is 3.19. The lowest BCUT2D eigenvalue weighted by molar-refractivity contribution is -0.120. The Balaban J connectivity index is 1.59. The molecule has 0 bridgehead atoms. The Kier molecular flexibility index (Phi) is 8.51. The summed E-state index contributed by atoms with van der Waals surface area (Å²) in [5.74, 6) is 1.08. The number of thioether (sulfide) groups is 1. The molecule has 0 spiro atoms. The van der Waals surface area contributed by atoms with Crippen molar-refractivity contribution in [3.8, 4) is 11.1 Å². The highest BCUT2D eigenvalue weighted by Crippen LogP contribution is 2.30. The Morgan fingerprint density at radius 3 is 2.50 bits per heavy atom. The number of aromatic amines is 1. The van der Waals surface area contributed by atoms with Crippen molar-refractivity contribution >= 4 is 39.2 Å². The number of fused-ring (bicyclic) bond motifs is 1. The first kappa shape index (κ1) is 24.5. The first-order chi connectivity index (χ1) is 15.3. The topological polar surface area (TPSA) is 78.1 Å². The van der Waals surface area contributed by atoms with Gasteiger partial charge in [0.05, 0.1) is 16.4 Å². The first-order valence-electron chi connectivity index (χ1n) is 11.0. The fraction of sp³-hybridized carbons (Fsp3) is 0.458. The standard InChI is InChI=1S/C24H32N4O2S2/c1-15(2)28(16(3)4)12-11-25-22(29)17(5)31-14-20-26-23(30)21-19(13-32-24(21)27-20)18-9-7-6-8-10-18/h6-10,13,15-17H,11-12,14H2,1-5H3,(H,25,29)(H,26,27,30)/t17-/m1/s1. The number of benzene rings is 1. The molecule has 1 amide bonds. The Bertz CT molecular complexity index is 1080. The van der Waals surface area contributed by atoms with Crippen molar-refractivity contribution in [2.75, 3.05) is 13.1 Å². The molecule has 1 aromatic carbocycles. The lowest BCUT2D eigenvalue weighted by atomic mass is 10.1. The molecule has 0 aliphatic rings. The lowest BCUT2D eigenvalue weighted by Crippen LogP contribution is -2.43. The molecule has 172 valence electrons. The number of hydrogen-bond acceptors (Lipinski definition) is 6. The van der Waals surface area contributed by atoms with Crippen LogP contribution in [-0.4, -0.2) is 51.2 Å². The van der Waals surface area contributed by atoms with Crippen LogP contribution in [0.1, 0.15) is 40.4 Å². The van der Waals surface area contributed by atoms with Gasteiger partial charge in [0.2, 0.25) is 5.91 Å². The Morgan fingerprint density at radius 1 is 1.16 bits per heavy atom. The molecule has 6 nitrogen and oxygen atoms in total. The third-order valence-corrected chi connectivity index (χ3v) is 7.44. The van der Waals surface area contributed by atoms with Gasteiger partial charge in [-0.1, -0.05) is 30.3 Å². The summed E-state index contributed by atoms with van der Waals surface area (Å²) >= 11 is 2.95. The van der Waals surface area contributed by atoms with Crippen LogP contribution in [0.4, 0.5) is 0 Å². The second-order valence-electron chi connectivity index (χ2n) is 8.38. The number of carbonyl (C=O) groups is 1. The van der Waals surface area contributed by atoms with Crippen LogP contribution in [0.5, 0.6) is 0 Å². The monoisotopic (exact) mass is 472 g/mol. The molecule has 0 unspecified atom stereocenters. The van der Waals surface area contributed by atoms with E-state index in [0.717, 1.165) is 22.5 Å². The molecule has 2 heterocycles. The number of carbonyl (C=O) groups excluding carboxylic acids is 1. The van der Waals surface area contributed by atoms with Gasteiger partial charge in [-0.05, 0) is 40.2 Å². The summed E-state index contributed by atoms with van der Waals surface area (Å²) in [4.78, 5) is 35.9. The minimum atomic E-state index is -0.231. The smallest absolute Gasteiger partial charge is 0.260 e. The Labute approximate surface area is 197 Å². The molecule has 32 heavy (non-hydrogen) atoms. The van der Waals surface area contributed by atoms with Gasteiger partial charge in [0, 0.05) is 36.1 Å². The molecule has 2 N–H and O–H groups in total. The van der Waals surface area contributed by atoms with Crippen LogP contribution in [0.2, 0.25) is 0 Å². The van der Waals surface area contributed by atoms with Gasteiger partial charge < -0.3 is 10.3 Å². The quantitative estimate of drug-likeness (QED) is 0.454. The summed E-state index contributed by atoms with van der Waals surface area (Å²) in [5.41, 5.74) is 1.78. The van der Waals surface area contributed by atoms with Crippen molar-refractivity contribution in [2.24, 2.45) is 0 Å². The van der Waals surface area contributed by atoms with E-state index in [1.165, 1.54) is 23.1 Å². The first-order valence-corrected chi connectivity index (χ1v) is 12.9. The molecule has 0 fully saturated rings. The van der Waals surface area contributed by atoms with E-state index in [1.807, 2.05) is 42.6 Å². The van der Waals surface area contributed by atoms with Crippen molar-refractivity contribution in [2.45, 2.75) is 57.7 Å². The van der Waals surface area contributed by atoms with Crippen molar-refractivity contribution < 1.29 is 4.79 Å². The van der Waals surface area contributed by atoms with Gasteiger partial charge in [-0.3, -0.25) is 14.5 Å². The predicted octanol–water partition coefficient (Wildman–Crippen LogP) is 4.51. The highest BCUT2D eigenvalue weighted by atomic mass is 32.2. The van der Waals surface area contributed by atoms with Crippen molar-refractivity contribution in [1.29, 1.82) is 0 Å². The van der Waals surface area contributed by atoms with E-state index in [9.17, 15) is 9.59 Å². The molecule has 0 saturated carbocycles. The highest BCUT2D eigenvalue weighted by Gasteiger charge is 2.18. The van der Waals surface area contributed by atoms with Gasteiger partial charge in [-0.2, -0.15) is 0 Å². The van der Waals surface area contributed by atoms with Crippen molar-refractivity contribution in [3.05, 3.63) is 51.9 Å². The van der Waals surface area contributed by atoms with Crippen LogP contribution in [0, 0.1) is 0 Å². The van der Waals surface area contributed by atoms with E-state index in [-0.39, 0.29) is 16.7 Å². The van der Waals surface area contributed by atoms with E-state index in [1.54, 1.807) is 0 Å². The predicted molar refractivity (Wildman–Crippen MR) is 136 cm³/mol. The number of rotatable bonds is 10. The highest BCUT2D eigenvalue weighted by molar-refractivity contribution is 7.99. The minimum absolute atomic E-state index is 0.00775. The van der Waals surface area contributed by atoms with Gasteiger partial charge >= 0.3 is 0 Å². The maximum Gasteiger partial charge on any atom is 0.260 e. The molecule has 2 aromatic heterocycles. The zero-order valence-corrected chi connectivity index (χ0v) is 21.0. The largest absolute Gasteiger partial charge is 0.354 e. The van der Waals surface area contributed by atoms with Gasteiger partial charge in [-0.15, -0.1) is 23.1 Å². The van der Waals surface area contributed by atoms with Crippen LogP contribution in [0.15, 0.2) is 40.5 Å². The third-order valence-electron chi connectivity index (χ3n) is 5.41. The second kappa shape index (κ2) is 11.1. The van der Waals surface area contributed by atoms with Gasteiger partial charge in [0.25, 0.3) is 5.56 Å². The summed E-state index contributed by atoms with van der Waals surface area (Å²) < 4.78 is 0. The van der Waals surface area contributed by atoms with Gasteiger partial charge in [0.15, 0.2) is 0 Å².